The van der Waals surface area contributed by atoms with Gasteiger partial charge < -0.3 is 0 Å². The van der Waals surface area contributed by atoms with Crippen molar-refractivity contribution < 1.29 is 0 Å². The summed E-state index contributed by atoms with van der Waals surface area (Å²) in [5.41, 5.74) is 28.0. The maximum atomic E-state index is 5.18. The predicted octanol–water partition coefficient (Wildman–Crippen LogP) is 25.9. The summed E-state index contributed by atoms with van der Waals surface area (Å²) in [6, 6.07) is 130. The number of para-hydroxylation sites is 2. The van der Waals surface area contributed by atoms with E-state index in [2.05, 4.69) is 288 Å². The minimum Gasteiger partial charge on any atom is -0.254 e. The van der Waals surface area contributed by atoms with Crippen molar-refractivity contribution in [1.29, 1.82) is 0 Å². The van der Waals surface area contributed by atoms with Crippen LogP contribution in [0.5, 0.6) is 0 Å². The first-order chi connectivity index (χ1) is 58.4. The van der Waals surface area contributed by atoms with Gasteiger partial charge in [0.25, 0.3) is 0 Å². The largest absolute Gasteiger partial charge is 0.254 e. The summed E-state index contributed by atoms with van der Waals surface area (Å²) in [6.07, 6.45) is 1.86. The smallest absolute Gasteiger partial charge is 0.164 e. The molecular formula is C103H63N13S2. The molecule has 0 aliphatic heterocycles. The van der Waals surface area contributed by atoms with Crippen molar-refractivity contribution in [1.82, 2.24) is 65.3 Å². The van der Waals surface area contributed by atoms with Gasteiger partial charge in [-0.1, -0.05) is 340 Å². The van der Waals surface area contributed by atoms with E-state index in [0.717, 1.165) is 159 Å². The topological polar surface area (TPSA) is 168 Å². The molecule has 0 N–H and O–H groups in total. The Balaban J connectivity index is 0.000000147. The Morgan fingerprint density at radius 3 is 0.983 bits per heavy atom. The molecule has 552 valence electrons. The van der Waals surface area contributed by atoms with Gasteiger partial charge >= 0.3 is 0 Å². The molecular weight excluding hydrogens is 1480 g/mol. The van der Waals surface area contributed by atoms with Crippen LogP contribution >= 0.6 is 22.7 Å². The molecule has 8 heterocycles. The van der Waals surface area contributed by atoms with Gasteiger partial charge in [0.15, 0.2) is 34.9 Å². The Hall–Kier alpha value is -15.6. The van der Waals surface area contributed by atoms with E-state index in [4.69, 9.17) is 49.8 Å². The van der Waals surface area contributed by atoms with E-state index in [1.807, 2.05) is 109 Å². The fourth-order valence-corrected chi connectivity index (χ4v) is 17.4. The minimum absolute atomic E-state index is 0.624. The second kappa shape index (κ2) is 30.8. The van der Waals surface area contributed by atoms with E-state index in [0.29, 0.717) is 34.9 Å². The zero-order chi connectivity index (χ0) is 78.2. The molecule has 0 saturated carbocycles. The first-order valence-electron chi connectivity index (χ1n) is 38.7. The number of hydrogen-bond acceptors (Lipinski definition) is 15. The van der Waals surface area contributed by atoms with Gasteiger partial charge in [0, 0.05) is 66.2 Å². The van der Waals surface area contributed by atoms with Gasteiger partial charge in [-0.05, 0) is 108 Å². The SMILES string of the molecule is c1ccc(-c2ccc(-c3nc(-c4ccccc4)nc(-c4ccc(-c5ccc(-c6ccc(-c7nnnc8c7sc7nc9ccccc9nc78)cc6)cc5)cc4)n3)cc2)cc1.c1ccc(-c2ccc(-c3nc(-c4ccccc4)nc(-c4ccc(-c5ccc(-c6cccc(-c7nc8cccnc8c8c7sc7ccccc78)c6)cc5)cc4)n3)cc2)cc1. The molecule has 0 radical (unpaired) electrons. The number of aromatic nitrogens is 13. The second-order valence-electron chi connectivity index (χ2n) is 28.6. The molecule has 0 atom stereocenters. The Labute approximate surface area is 685 Å². The highest BCUT2D eigenvalue weighted by molar-refractivity contribution is 7.26. The number of pyridine rings is 2. The van der Waals surface area contributed by atoms with Crippen LogP contribution in [-0.4, -0.2) is 65.3 Å². The average Bonchev–Trinajstić information content (AvgIpc) is 1.58. The minimum atomic E-state index is 0.624. The molecule has 0 aliphatic rings. The van der Waals surface area contributed by atoms with Crippen LogP contribution in [0.15, 0.2) is 382 Å². The van der Waals surface area contributed by atoms with Crippen molar-refractivity contribution in [3.05, 3.63) is 382 Å². The standard InChI is InChI=1S/C53H33N5S.C50H30N8S/c1-3-11-34(12-4-1)35-24-28-40(29-25-35)52-56-51(39-13-5-2-6-14-39)57-53(58-52)41-30-26-37(27-31-41)36-20-22-38(23-21-36)42-15-9-16-43(33-42)48-50-47(44-17-7-8-19-46(44)59-50)49-45(55-48)18-10-32-54-49;1-3-9-31(10-4-1)32-21-27-39(28-22-32)48-53-47(38-11-5-2-6-12-38)54-49(55-48)40-29-23-36(24-30-40)34-17-15-33(16-18-34)35-19-25-37(26-20-35)43-46-44(57-58-56-43)45-50(59-46)52-42-14-8-7-13-41(42)51-45/h1-33H;1-30H. The lowest BCUT2D eigenvalue weighted by molar-refractivity contribution is 0.904. The molecule has 0 spiro atoms. The van der Waals surface area contributed by atoms with Gasteiger partial charge in [0.2, 0.25) is 0 Å². The molecule has 0 aliphatic carbocycles. The first kappa shape index (κ1) is 70.3. The van der Waals surface area contributed by atoms with Crippen molar-refractivity contribution in [2.24, 2.45) is 0 Å². The highest BCUT2D eigenvalue weighted by Crippen LogP contribution is 2.44. The molecule has 0 fully saturated rings. The molecule has 22 aromatic rings. The third kappa shape index (κ3) is 13.9. The van der Waals surface area contributed by atoms with Crippen LogP contribution < -0.4 is 0 Å². The van der Waals surface area contributed by atoms with Gasteiger partial charge in [-0.25, -0.2) is 44.9 Å². The second-order valence-corrected chi connectivity index (χ2v) is 30.7. The van der Waals surface area contributed by atoms with Crippen LogP contribution in [0.3, 0.4) is 0 Å². The van der Waals surface area contributed by atoms with Crippen molar-refractivity contribution in [2.75, 3.05) is 0 Å². The number of nitrogens with zero attached hydrogens (tertiary/aromatic N) is 13. The molecule has 22 rings (SSSR count). The molecule has 14 aromatic carbocycles. The van der Waals surface area contributed by atoms with E-state index >= 15 is 0 Å². The Morgan fingerprint density at radius 1 is 0.195 bits per heavy atom. The third-order valence-corrected chi connectivity index (χ3v) is 23.5. The average molecular weight is 1550 g/mol. The van der Waals surface area contributed by atoms with E-state index < -0.39 is 0 Å². The van der Waals surface area contributed by atoms with E-state index in [-0.39, 0.29) is 0 Å². The number of thiophene rings is 2. The molecule has 118 heavy (non-hydrogen) atoms. The van der Waals surface area contributed by atoms with Crippen molar-refractivity contribution in [2.45, 2.75) is 0 Å². The normalized spacial score (nSPS) is 11.4. The number of fused-ring (bicyclic) bond motifs is 9. The van der Waals surface area contributed by atoms with E-state index in [9.17, 15) is 0 Å². The fraction of sp³-hybridized carbons (Fsp3) is 0. The lowest BCUT2D eigenvalue weighted by Crippen LogP contribution is -2.00. The summed E-state index contributed by atoms with van der Waals surface area (Å²) in [5, 5.41) is 15.3. The molecule has 0 bridgehead atoms. The number of hydrogen-bond donors (Lipinski definition) is 0. The zero-order valence-electron chi connectivity index (χ0n) is 63.0. The van der Waals surface area contributed by atoms with Gasteiger partial charge in [0.05, 0.1) is 37.2 Å². The first-order valence-corrected chi connectivity index (χ1v) is 40.4. The number of rotatable bonds is 14. The molecule has 8 aromatic heterocycles. The molecule has 0 unspecified atom stereocenters. The van der Waals surface area contributed by atoms with Crippen LogP contribution in [0, 0.1) is 0 Å². The fourth-order valence-electron chi connectivity index (χ4n) is 15.1. The van der Waals surface area contributed by atoms with Crippen molar-refractivity contribution in [3.8, 4) is 158 Å². The van der Waals surface area contributed by atoms with Crippen LogP contribution in [0.25, 0.3) is 220 Å². The van der Waals surface area contributed by atoms with Gasteiger partial charge in [-0.3, -0.25) is 4.98 Å². The summed E-state index contributed by atoms with van der Waals surface area (Å²) in [4.78, 5) is 50.1. The van der Waals surface area contributed by atoms with Gasteiger partial charge in [-0.15, -0.1) is 32.9 Å². The van der Waals surface area contributed by atoms with Crippen LogP contribution in [0.1, 0.15) is 0 Å². The Bertz CT molecular complexity index is 7470. The third-order valence-electron chi connectivity index (χ3n) is 21.3. The van der Waals surface area contributed by atoms with Crippen LogP contribution in [-0.2, 0) is 0 Å². The van der Waals surface area contributed by atoms with E-state index in [1.165, 1.54) is 26.6 Å². The monoisotopic (exact) mass is 1550 g/mol. The highest BCUT2D eigenvalue weighted by Gasteiger charge is 2.22. The van der Waals surface area contributed by atoms with Crippen LogP contribution in [0.2, 0.25) is 0 Å². The highest BCUT2D eigenvalue weighted by atomic mass is 32.1. The zero-order valence-corrected chi connectivity index (χ0v) is 64.6. The maximum Gasteiger partial charge on any atom is 0.164 e. The molecule has 0 saturated heterocycles. The summed E-state index contributed by atoms with van der Waals surface area (Å²) in [5.74, 6) is 3.80. The van der Waals surface area contributed by atoms with Crippen molar-refractivity contribution >= 4 is 85.5 Å². The predicted molar refractivity (Wildman–Crippen MR) is 481 cm³/mol. The van der Waals surface area contributed by atoms with Gasteiger partial charge in [-0.2, -0.15) is 0 Å². The van der Waals surface area contributed by atoms with Crippen molar-refractivity contribution in [3.63, 3.8) is 0 Å². The lowest BCUT2D eigenvalue weighted by atomic mass is 9.97. The summed E-state index contributed by atoms with van der Waals surface area (Å²) >= 11 is 3.33. The Kier molecular flexibility index (Phi) is 18.3. The van der Waals surface area contributed by atoms with Gasteiger partial charge in [0.1, 0.15) is 21.6 Å². The number of benzene rings is 14. The maximum absolute atomic E-state index is 5.18. The van der Waals surface area contributed by atoms with E-state index in [1.54, 1.807) is 22.7 Å². The quantitative estimate of drug-likeness (QED) is 0.101. The molecule has 15 heteroatoms. The summed E-state index contributed by atoms with van der Waals surface area (Å²) in [6.45, 7) is 0. The summed E-state index contributed by atoms with van der Waals surface area (Å²) in [7, 11) is 0. The lowest BCUT2D eigenvalue weighted by Gasteiger charge is -2.10. The summed E-state index contributed by atoms with van der Waals surface area (Å²) < 4.78 is 3.33. The molecule has 0 amide bonds. The molecule has 13 nitrogen and oxygen atoms in total. The Morgan fingerprint density at radius 2 is 0.534 bits per heavy atom. The van der Waals surface area contributed by atoms with Crippen LogP contribution in [0.4, 0.5) is 0 Å².